The maximum atomic E-state index is 5.98. The van der Waals surface area contributed by atoms with Crippen molar-refractivity contribution in [2.24, 2.45) is 10.9 Å². The molecule has 0 bridgehead atoms. The Kier molecular flexibility index (Phi) is 5.96. The van der Waals surface area contributed by atoms with Crippen molar-refractivity contribution in [3.05, 3.63) is 29.8 Å². The van der Waals surface area contributed by atoms with Crippen molar-refractivity contribution in [2.75, 3.05) is 33.8 Å². The van der Waals surface area contributed by atoms with Crippen molar-refractivity contribution >= 4 is 5.96 Å². The zero-order valence-corrected chi connectivity index (χ0v) is 14.9. The van der Waals surface area contributed by atoms with E-state index in [0.717, 1.165) is 37.3 Å². The number of rotatable bonds is 7. The number of benzene rings is 1. The summed E-state index contributed by atoms with van der Waals surface area (Å²) in [7, 11) is 4.02. The molecule has 132 valence electrons. The monoisotopic (exact) mass is 330 g/mol. The molecule has 2 aliphatic rings. The largest absolute Gasteiger partial charge is 0.493 e. The first-order valence-electron chi connectivity index (χ1n) is 9.11. The molecule has 1 aromatic rings. The fourth-order valence-corrected chi connectivity index (χ4v) is 3.13. The molecule has 1 unspecified atom stereocenters. The van der Waals surface area contributed by atoms with Crippen LogP contribution in [0.4, 0.5) is 0 Å². The molecule has 1 heterocycles. The third-order valence-electron chi connectivity index (χ3n) is 4.99. The van der Waals surface area contributed by atoms with Gasteiger partial charge in [0.1, 0.15) is 5.75 Å². The second kappa shape index (κ2) is 8.38. The average Bonchev–Trinajstić information content (AvgIpc) is 3.35. The van der Waals surface area contributed by atoms with Gasteiger partial charge in [-0.2, -0.15) is 0 Å². The number of guanidine groups is 1. The molecular formula is C19H30N4O. The molecular weight excluding hydrogens is 300 g/mol. The van der Waals surface area contributed by atoms with Crippen molar-refractivity contribution in [1.82, 2.24) is 15.5 Å². The highest BCUT2D eigenvalue weighted by atomic mass is 16.5. The van der Waals surface area contributed by atoms with Gasteiger partial charge in [0.2, 0.25) is 0 Å². The van der Waals surface area contributed by atoms with E-state index >= 15 is 0 Å². The minimum Gasteiger partial charge on any atom is -0.493 e. The fraction of sp³-hybridized carbons (Fsp3) is 0.632. The van der Waals surface area contributed by atoms with Crippen LogP contribution in [-0.2, 0) is 6.54 Å². The first kappa shape index (κ1) is 17.1. The van der Waals surface area contributed by atoms with Gasteiger partial charge in [0.05, 0.1) is 6.61 Å². The third kappa shape index (κ3) is 4.87. The van der Waals surface area contributed by atoms with Gasteiger partial charge in [-0.1, -0.05) is 18.2 Å². The molecule has 2 fully saturated rings. The summed E-state index contributed by atoms with van der Waals surface area (Å²) >= 11 is 0. The summed E-state index contributed by atoms with van der Waals surface area (Å²) < 4.78 is 5.98. The lowest BCUT2D eigenvalue weighted by Crippen LogP contribution is -2.43. The summed E-state index contributed by atoms with van der Waals surface area (Å²) in [6.07, 6.45) is 5.18. The number of hydrogen-bond donors (Lipinski definition) is 2. The summed E-state index contributed by atoms with van der Waals surface area (Å²) in [4.78, 5) is 6.76. The quantitative estimate of drug-likeness (QED) is 0.595. The molecule has 1 aromatic carbocycles. The van der Waals surface area contributed by atoms with Gasteiger partial charge < -0.3 is 20.3 Å². The van der Waals surface area contributed by atoms with Gasteiger partial charge in [-0.05, 0) is 51.3 Å². The first-order valence-corrected chi connectivity index (χ1v) is 9.11. The van der Waals surface area contributed by atoms with E-state index in [4.69, 9.17) is 4.74 Å². The molecule has 1 saturated carbocycles. The lowest BCUT2D eigenvalue weighted by molar-refractivity contribution is 0.296. The fourth-order valence-electron chi connectivity index (χ4n) is 3.13. The van der Waals surface area contributed by atoms with Crippen LogP contribution in [0.1, 0.15) is 31.2 Å². The van der Waals surface area contributed by atoms with E-state index in [-0.39, 0.29) is 0 Å². The zero-order chi connectivity index (χ0) is 16.8. The van der Waals surface area contributed by atoms with E-state index in [2.05, 4.69) is 45.8 Å². The van der Waals surface area contributed by atoms with Crippen LogP contribution >= 0.6 is 0 Å². The van der Waals surface area contributed by atoms with Crippen LogP contribution in [0, 0.1) is 5.92 Å². The van der Waals surface area contributed by atoms with Gasteiger partial charge in [-0.3, -0.25) is 4.99 Å². The van der Waals surface area contributed by atoms with Crippen LogP contribution in [0.15, 0.2) is 29.3 Å². The van der Waals surface area contributed by atoms with Crippen molar-refractivity contribution < 1.29 is 4.74 Å². The number of nitrogens with zero attached hydrogens (tertiary/aromatic N) is 2. The Morgan fingerprint density at radius 3 is 2.79 bits per heavy atom. The topological polar surface area (TPSA) is 48.9 Å². The van der Waals surface area contributed by atoms with Gasteiger partial charge in [0.25, 0.3) is 0 Å². The van der Waals surface area contributed by atoms with Crippen molar-refractivity contribution in [1.29, 1.82) is 0 Å². The second-order valence-electron chi connectivity index (χ2n) is 6.95. The predicted molar refractivity (Wildman–Crippen MR) is 98.5 cm³/mol. The first-order chi connectivity index (χ1) is 11.8. The highest BCUT2D eigenvalue weighted by Gasteiger charge is 2.22. The summed E-state index contributed by atoms with van der Waals surface area (Å²) in [5, 5.41) is 6.86. The van der Waals surface area contributed by atoms with Crippen LogP contribution in [-0.4, -0.2) is 50.7 Å². The Balaban J connectivity index is 1.48. The number of aliphatic imine (C=N–C) groups is 1. The molecule has 5 heteroatoms. The van der Waals surface area contributed by atoms with Gasteiger partial charge in [0.15, 0.2) is 5.96 Å². The Morgan fingerprint density at radius 1 is 1.25 bits per heavy atom. The molecule has 3 rings (SSSR count). The highest BCUT2D eigenvalue weighted by molar-refractivity contribution is 5.79. The predicted octanol–water partition coefficient (Wildman–Crippen LogP) is 2.23. The number of ether oxygens (including phenoxy) is 1. The van der Waals surface area contributed by atoms with Gasteiger partial charge >= 0.3 is 0 Å². The molecule has 1 aliphatic carbocycles. The van der Waals surface area contributed by atoms with Crippen molar-refractivity contribution in [2.45, 2.75) is 38.3 Å². The van der Waals surface area contributed by atoms with E-state index in [0.29, 0.717) is 6.04 Å². The Hall–Kier alpha value is -1.75. The summed E-state index contributed by atoms with van der Waals surface area (Å²) in [6, 6.07) is 8.88. The molecule has 0 radical (unpaired) electrons. The molecule has 1 aliphatic heterocycles. The minimum absolute atomic E-state index is 0.609. The number of likely N-dealkylation sites (N-methyl/N-ethyl adjacent to an activating group) is 1. The van der Waals surface area contributed by atoms with E-state index in [1.807, 2.05) is 13.1 Å². The van der Waals surface area contributed by atoms with Crippen LogP contribution in [0.25, 0.3) is 0 Å². The second-order valence-corrected chi connectivity index (χ2v) is 6.95. The molecule has 0 spiro atoms. The smallest absolute Gasteiger partial charge is 0.191 e. The van der Waals surface area contributed by atoms with Crippen LogP contribution in [0.2, 0.25) is 0 Å². The van der Waals surface area contributed by atoms with Gasteiger partial charge in [-0.15, -0.1) is 0 Å². The standard InChI is InChI=1S/C19H30N4O/c1-20-19(22-13-17-7-5-11-23(17)2)21-12-16-6-3-4-8-18(16)24-14-15-9-10-15/h3-4,6,8,15,17H,5,7,9-14H2,1-2H3,(H2,20,21,22). The summed E-state index contributed by atoms with van der Waals surface area (Å²) in [6.45, 7) is 3.71. The molecule has 1 atom stereocenters. The van der Waals surface area contributed by atoms with E-state index in [9.17, 15) is 0 Å². The lowest BCUT2D eigenvalue weighted by Gasteiger charge is -2.21. The Morgan fingerprint density at radius 2 is 2.08 bits per heavy atom. The van der Waals surface area contributed by atoms with Crippen LogP contribution in [0.3, 0.4) is 0 Å². The number of para-hydroxylation sites is 1. The van der Waals surface area contributed by atoms with Crippen molar-refractivity contribution in [3.8, 4) is 5.75 Å². The van der Waals surface area contributed by atoms with Gasteiger partial charge in [-0.25, -0.2) is 0 Å². The third-order valence-corrected chi connectivity index (χ3v) is 4.99. The van der Waals surface area contributed by atoms with Crippen molar-refractivity contribution in [3.63, 3.8) is 0 Å². The normalized spacial score (nSPS) is 21.8. The number of likely N-dealkylation sites (tertiary alicyclic amines) is 1. The van der Waals surface area contributed by atoms with E-state index in [1.165, 1.54) is 37.8 Å². The average molecular weight is 330 g/mol. The van der Waals surface area contributed by atoms with Crippen LogP contribution in [0.5, 0.6) is 5.75 Å². The summed E-state index contributed by atoms with van der Waals surface area (Å²) in [5.74, 6) is 2.61. The Labute approximate surface area is 145 Å². The minimum atomic E-state index is 0.609. The van der Waals surface area contributed by atoms with E-state index < -0.39 is 0 Å². The molecule has 0 amide bonds. The van der Waals surface area contributed by atoms with Gasteiger partial charge in [0, 0.05) is 31.7 Å². The highest BCUT2D eigenvalue weighted by Crippen LogP contribution is 2.30. The maximum Gasteiger partial charge on any atom is 0.191 e. The Bertz CT molecular complexity index is 556. The molecule has 1 saturated heterocycles. The van der Waals surface area contributed by atoms with Crippen LogP contribution < -0.4 is 15.4 Å². The molecule has 5 nitrogen and oxygen atoms in total. The molecule has 24 heavy (non-hydrogen) atoms. The zero-order valence-electron chi connectivity index (χ0n) is 14.9. The SMILES string of the molecule is CN=C(NCc1ccccc1OCC1CC1)NCC1CCCN1C. The molecule has 0 aromatic heterocycles. The van der Waals surface area contributed by atoms with E-state index in [1.54, 1.807) is 0 Å². The number of nitrogens with one attached hydrogen (secondary N) is 2. The lowest BCUT2D eigenvalue weighted by atomic mass is 10.2. The molecule has 2 N–H and O–H groups in total. The maximum absolute atomic E-state index is 5.98. The number of hydrogen-bond acceptors (Lipinski definition) is 3. The summed E-state index contributed by atoms with van der Waals surface area (Å²) in [5.41, 5.74) is 1.18.